The third kappa shape index (κ3) is 7.57. The van der Waals surface area contributed by atoms with E-state index in [9.17, 15) is 9.59 Å². The van der Waals surface area contributed by atoms with E-state index >= 15 is 0 Å². The van der Waals surface area contributed by atoms with Crippen LogP contribution in [0.1, 0.15) is 54.4 Å². The molecule has 1 saturated carbocycles. The zero-order valence-electron chi connectivity index (χ0n) is 18.7. The molecule has 7 nitrogen and oxygen atoms in total. The lowest BCUT2D eigenvalue weighted by Crippen LogP contribution is -2.42. The summed E-state index contributed by atoms with van der Waals surface area (Å²) in [4.78, 5) is 22.3. The number of carbonyl (C=O) groups excluding carboxylic acids is 1. The Balaban J connectivity index is 0.000000390. The van der Waals surface area contributed by atoms with Crippen molar-refractivity contribution in [1.82, 2.24) is 10.6 Å². The van der Waals surface area contributed by atoms with Gasteiger partial charge in [-0.25, -0.2) is 4.79 Å². The van der Waals surface area contributed by atoms with Crippen molar-refractivity contribution in [1.29, 1.82) is 0 Å². The molecule has 0 radical (unpaired) electrons. The Kier molecular flexibility index (Phi) is 10.5. The van der Waals surface area contributed by atoms with Crippen LogP contribution in [0, 0.1) is 0 Å². The lowest BCUT2D eigenvalue weighted by molar-refractivity contribution is 0.0933. The largest absolute Gasteiger partial charge is 0.496 e. The van der Waals surface area contributed by atoms with Gasteiger partial charge in [-0.15, -0.1) is 0 Å². The number of aliphatic hydroxyl groups excluding tert-OH is 1. The van der Waals surface area contributed by atoms with Gasteiger partial charge in [-0.05, 0) is 37.0 Å². The van der Waals surface area contributed by atoms with Crippen LogP contribution in [-0.2, 0) is 5.41 Å². The molecule has 0 aromatic heterocycles. The average Bonchev–Trinajstić information content (AvgIpc) is 2.84. The molecule has 2 aromatic rings. The first-order valence-electron chi connectivity index (χ1n) is 11.1. The molecule has 3 rings (SSSR count). The van der Waals surface area contributed by atoms with Crippen molar-refractivity contribution in [2.24, 2.45) is 0 Å². The minimum Gasteiger partial charge on any atom is -0.496 e. The molecule has 0 spiro atoms. The van der Waals surface area contributed by atoms with Crippen molar-refractivity contribution in [3.63, 3.8) is 0 Å². The second-order valence-corrected chi connectivity index (χ2v) is 7.90. The quantitative estimate of drug-likeness (QED) is 0.463. The van der Waals surface area contributed by atoms with Crippen molar-refractivity contribution in [2.45, 2.75) is 43.9 Å². The van der Waals surface area contributed by atoms with Gasteiger partial charge >= 0.3 is 6.09 Å². The van der Waals surface area contributed by atoms with Crippen LogP contribution in [0.2, 0.25) is 0 Å². The molecule has 0 atom stereocenters. The number of carboxylic acid groups (broad SMARTS) is 1. The molecule has 7 heteroatoms. The van der Waals surface area contributed by atoms with Crippen LogP contribution >= 0.6 is 0 Å². The second kappa shape index (κ2) is 13.4. The van der Waals surface area contributed by atoms with Crippen LogP contribution in [-0.4, -0.2) is 49.0 Å². The molecule has 0 aliphatic heterocycles. The molecule has 4 N–H and O–H groups in total. The standard InChI is InChI=1S/C21H25NO2.C4H9NO3/c1-24-19-13-7-6-12-18(19)20(23)22-16-21(14-8-3-9-15-21)17-10-4-2-5-11-17;6-3-1-2-5-4(7)8/h2,4-7,10-13H,3,8-9,14-16H2,1H3,(H,22,23);5-6H,1-3H2,(H,7,8). The van der Waals surface area contributed by atoms with Crippen LogP contribution in [0.4, 0.5) is 4.79 Å². The number of nitrogens with one attached hydrogen (secondary N) is 2. The lowest BCUT2D eigenvalue weighted by Gasteiger charge is -2.38. The fourth-order valence-electron chi connectivity index (χ4n) is 4.04. The average molecular weight is 443 g/mol. The van der Waals surface area contributed by atoms with Gasteiger partial charge in [0.1, 0.15) is 5.75 Å². The van der Waals surface area contributed by atoms with Crippen molar-refractivity contribution in [3.8, 4) is 5.75 Å². The maximum Gasteiger partial charge on any atom is 0.404 e. The highest BCUT2D eigenvalue weighted by atomic mass is 16.5. The molecule has 32 heavy (non-hydrogen) atoms. The third-order valence-electron chi connectivity index (χ3n) is 5.75. The Hall–Kier alpha value is -3.06. The van der Waals surface area contributed by atoms with Gasteiger partial charge in [-0.1, -0.05) is 61.7 Å². The van der Waals surface area contributed by atoms with Gasteiger partial charge in [-0.2, -0.15) is 0 Å². The third-order valence-corrected chi connectivity index (χ3v) is 5.75. The maximum absolute atomic E-state index is 12.6. The molecule has 2 amide bonds. The fraction of sp³-hybridized carbons (Fsp3) is 0.440. The lowest BCUT2D eigenvalue weighted by atomic mass is 9.69. The predicted octanol–water partition coefficient (Wildman–Crippen LogP) is 3.96. The Morgan fingerprint density at radius 1 is 0.969 bits per heavy atom. The van der Waals surface area contributed by atoms with Gasteiger partial charge in [0, 0.05) is 25.1 Å². The molecule has 2 aromatic carbocycles. The normalized spacial score (nSPS) is 14.4. The van der Waals surface area contributed by atoms with Gasteiger partial charge in [0.2, 0.25) is 0 Å². The topological polar surface area (TPSA) is 108 Å². The fourth-order valence-corrected chi connectivity index (χ4v) is 4.04. The number of benzene rings is 2. The molecule has 1 fully saturated rings. The summed E-state index contributed by atoms with van der Waals surface area (Å²) in [5.41, 5.74) is 1.99. The summed E-state index contributed by atoms with van der Waals surface area (Å²) in [6, 6.07) is 18.0. The number of aliphatic hydroxyl groups is 1. The first-order valence-corrected chi connectivity index (χ1v) is 11.1. The van der Waals surface area contributed by atoms with Gasteiger partial charge < -0.3 is 25.6 Å². The number of hydrogen-bond acceptors (Lipinski definition) is 4. The summed E-state index contributed by atoms with van der Waals surface area (Å²) < 4.78 is 5.31. The molecular weight excluding hydrogens is 408 g/mol. The van der Waals surface area contributed by atoms with E-state index in [2.05, 4.69) is 34.9 Å². The van der Waals surface area contributed by atoms with Crippen molar-refractivity contribution in [3.05, 3.63) is 65.7 Å². The summed E-state index contributed by atoms with van der Waals surface area (Å²) >= 11 is 0. The number of rotatable bonds is 8. The zero-order chi connectivity index (χ0) is 23.2. The summed E-state index contributed by atoms with van der Waals surface area (Å²) in [5, 5.41) is 21.4. The van der Waals surface area contributed by atoms with Crippen LogP contribution in [0.5, 0.6) is 5.75 Å². The Morgan fingerprint density at radius 2 is 1.62 bits per heavy atom. The van der Waals surface area contributed by atoms with E-state index in [-0.39, 0.29) is 17.9 Å². The monoisotopic (exact) mass is 442 g/mol. The first kappa shape index (κ1) is 25.2. The summed E-state index contributed by atoms with van der Waals surface area (Å²) in [7, 11) is 1.60. The molecular formula is C25H34N2O5. The van der Waals surface area contributed by atoms with Gasteiger partial charge in [0.25, 0.3) is 5.91 Å². The molecule has 174 valence electrons. The summed E-state index contributed by atoms with van der Waals surface area (Å²) in [6.45, 7) is 1.03. The molecule has 0 saturated heterocycles. The van der Waals surface area contributed by atoms with Crippen molar-refractivity contribution < 1.29 is 24.5 Å². The van der Waals surface area contributed by atoms with Crippen molar-refractivity contribution in [2.75, 3.05) is 26.8 Å². The second-order valence-electron chi connectivity index (χ2n) is 7.90. The highest BCUT2D eigenvalue weighted by Crippen LogP contribution is 2.39. The highest BCUT2D eigenvalue weighted by Gasteiger charge is 2.34. The van der Waals surface area contributed by atoms with Crippen LogP contribution in [0.15, 0.2) is 54.6 Å². The summed E-state index contributed by atoms with van der Waals surface area (Å²) in [6.07, 6.45) is 5.42. The van der Waals surface area contributed by atoms with Crippen LogP contribution < -0.4 is 15.4 Å². The van der Waals surface area contributed by atoms with E-state index in [1.807, 2.05) is 30.3 Å². The predicted molar refractivity (Wildman–Crippen MR) is 124 cm³/mol. The smallest absolute Gasteiger partial charge is 0.404 e. The molecule has 0 heterocycles. The van der Waals surface area contributed by atoms with E-state index < -0.39 is 6.09 Å². The van der Waals surface area contributed by atoms with E-state index in [0.29, 0.717) is 30.8 Å². The van der Waals surface area contributed by atoms with E-state index in [1.165, 1.54) is 24.8 Å². The van der Waals surface area contributed by atoms with E-state index in [4.69, 9.17) is 14.9 Å². The number of para-hydroxylation sites is 1. The Labute approximate surface area is 189 Å². The Bertz CT molecular complexity index is 835. The summed E-state index contributed by atoms with van der Waals surface area (Å²) in [5.74, 6) is 0.556. The van der Waals surface area contributed by atoms with E-state index in [0.717, 1.165) is 12.8 Å². The van der Waals surface area contributed by atoms with Crippen molar-refractivity contribution >= 4 is 12.0 Å². The molecule has 1 aliphatic rings. The minimum absolute atomic E-state index is 0.0281. The maximum atomic E-state index is 12.6. The van der Waals surface area contributed by atoms with Gasteiger partial charge in [0.15, 0.2) is 0 Å². The molecule has 0 bridgehead atoms. The zero-order valence-corrected chi connectivity index (χ0v) is 18.7. The number of ether oxygens (including phenoxy) is 1. The first-order chi connectivity index (χ1) is 15.5. The minimum atomic E-state index is -1.04. The number of methoxy groups -OCH3 is 1. The number of hydrogen-bond donors (Lipinski definition) is 4. The van der Waals surface area contributed by atoms with E-state index in [1.54, 1.807) is 7.11 Å². The Morgan fingerprint density at radius 3 is 2.25 bits per heavy atom. The number of carbonyl (C=O) groups is 2. The van der Waals surface area contributed by atoms with Gasteiger partial charge in [0.05, 0.1) is 12.7 Å². The molecule has 0 unspecified atom stereocenters. The molecule has 1 aliphatic carbocycles. The van der Waals surface area contributed by atoms with Gasteiger partial charge in [-0.3, -0.25) is 4.79 Å². The van der Waals surface area contributed by atoms with Crippen LogP contribution in [0.3, 0.4) is 0 Å². The number of amides is 2. The SMILES string of the molecule is COc1ccccc1C(=O)NCC1(c2ccccc2)CCCCC1.O=C(O)NCCCO. The van der Waals surface area contributed by atoms with Crippen LogP contribution in [0.25, 0.3) is 0 Å². The highest BCUT2D eigenvalue weighted by molar-refractivity contribution is 5.96.